The van der Waals surface area contributed by atoms with E-state index in [0.717, 1.165) is 51.7 Å². The molecule has 2 aromatic heterocycles. The fourth-order valence-electron chi connectivity index (χ4n) is 3.24. The molecule has 28 heavy (non-hydrogen) atoms. The molecule has 8 heteroatoms. The van der Waals surface area contributed by atoms with Gasteiger partial charge in [0.1, 0.15) is 5.75 Å². The van der Waals surface area contributed by atoms with Crippen LogP contribution in [0.1, 0.15) is 10.4 Å². The molecule has 5 rings (SSSR count). The number of nitrogens with zero attached hydrogens (tertiary/aromatic N) is 4. The van der Waals surface area contributed by atoms with Crippen molar-refractivity contribution in [2.45, 2.75) is 0 Å². The average molecular weight is 411 g/mol. The highest BCUT2D eigenvalue weighted by atomic mass is 32.1. The van der Waals surface area contributed by atoms with Crippen LogP contribution in [-0.2, 0) is 0 Å². The highest BCUT2D eigenvalue weighted by Crippen LogP contribution is 2.32. The van der Waals surface area contributed by atoms with Crippen LogP contribution in [0.4, 0.5) is 5.13 Å². The Morgan fingerprint density at radius 3 is 2.71 bits per heavy atom. The first-order valence-corrected chi connectivity index (χ1v) is 10.7. The molecule has 2 aromatic carbocycles. The molecular weight excluding hydrogens is 392 g/mol. The molecule has 3 heterocycles. The Kier molecular flexibility index (Phi) is 4.46. The number of likely N-dealkylation sites (N-methyl/N-ethyl adjacent to an activating group) is 1. The Morgan fingerprint density at radius 1 is 1.04 bits per heavy atom. The molecule has 0 spiro atoms. The third-order valence-corrected chi connectivity index (χ3v) is 6.77. The van der Waals surface area contributed by atoms with Gasteiger partial charge in [-0.1, -0.05) is 11.3 Å². The van der Waals surface area contributed by atoms with Gasteiger partial charge in [-0.2, -0.15) is 0 Å². The smallest absolute Gasteiger partial charge is 0.343 e. The summed E-state index contributed by atoms with van der Waals surface area (Å²) < 4.78 is 7.61. The first kappa shape index (κ1) is 17.5. The number of rotatable bonds is 3. The number of carbonyl (C=O) groups is 1. The van der Waals surface area contributed by atoms with E-state index in [1.165, 1.54) is 11.3 Å². The van der Waals surface area contributed by atoms with Gasteiger partial charge in [0.2, 0.25) is 0 Å². The number of hydrogen-bond donors (Lipinski definition) is 0. The maximum Gasteiger partial charge on any atom is 0.343 e. The first-order chi connectivity index (χ1) is 13.7. The van der Waals surface area contributed by atoms with E-state index in [2.05, 4.69) is 21.8 Å². The standard InChI is InChI=1S/C20H18N4O2S2/c1-23-6-8-24(9-7-23)20-22-16-5-3-14(11-18(16)28-20)26-19(25)13-2-4-15-17(10-13)27-12-21-15/h2-5,10-12H,6-9H2,1H3. The number of aromatic nitrogens is 2. The second-order valence-corrected chi connectivity index (χ2v) is 8.74. The Hall–Kier alpha value is -2.55. The van der Waals surface area contributed by atoms with Gasteiger partial charge in [0.15, 0.2) is 5.13 Å². The fourth-order valence-corrected chi connectivity index (χ4v) is 5.00. The summed E-state index contributed by atoms with van der Waals surface area (Å²) in [6, 6.07) is 11.0. The number of piperazine rings is 1. The van der Waals surface area contributed by atoms with Crippen LogP contribution in [-0.4, -0.2) is 54.1 Å². The van der Waals surface area contributed by atoms with Gasteiger partial charge in [-0.3, -0.25) is 0 Å². The van der Waals surface area contributed by atoms with Crippen LogP contribution < -0.4 is 9.64 Å². The Labute approximate surface area is 170 Å². The van der Waals surface area contributed by atoms with Crippen LogP contribution in [0, 0.1) is 0 Å². The molecular formula is C20H18N4O2S2. The summed E-state index contributed by atoms with van der Waals surface area (Å²) in [7, 11) is 2.14. The predicted molar refractivity (Wildman–Crippen MR) is 114 cm³/mol. The summed E-state index contributed by atoms with van der Waals surface area (Å²) in [6.07, 6.45) is 0. The van der Waals surface area contributed by atoms with Gasteiger partial charge < -0.3 is 14.5 Å². The number of anilines is 1. The minimum absolute atomic E-state index is 0.363. The quantitative estimate of drug-likeness (QED) is 0.377. The number of benzene rings is 2. The molecule has 142 valence electrons. The summed E-state index contributed by atoms with van der Waals surface area (Å²) in [5, 5.41) is 1.03. The molecule has 6 nitrogen and oxygen atoms in total. The van der Waals surface area contributed by atoms with E-state index in [1.807, 2.05) is 24.3 Å². The lowest BCUT2D eigenvalue weighted by Gasteiger charge is -2.31. The second-order valence-electron chi connectivity index (χ2n) is 6.84. The summed E-state index contributed by atoms with van der Waals surface area (Å²) in [6.45, 7) is 4.06. The molecule has 1 fully saturated rings. The van der Waals surface area contributed by atoms with E-state index in [-0.39, 0.29) is 5.97 Å². The summed E-state index contributed by atoms with van der Waals surface area (Å²) >= 11 is 3.15. The third kappa shape index (κ3) is 3.34. The Balaban J connectivity index is 1.36. The van der Waals surface area contributed by atoms with E-state index < -0.39 is 0 Å². The van der Waals surface area contributed by atoms with Crippen molar-refractivity contribution >= 4 is 54.2 Å². The van der Waals surface area contributed by atoms with Crippen LogP contribution in [0.3, 0.4) is 0 Å². The molecule has 0 saturated carbocycles. The van der Waals surface area contributed by atoms with Gasteiger partial charge in [-0.05, 0) is 37.4 Å². The van der Waals surface area contributed by atoms with Crippen molar-refractivity contribution in [1.82, 2.24) is 14.9 Å². The van der Waals surface area contributed by atoms with Gasteiger partial charge in [-0.25, -0.2) is 14.8 Å². The maximum absolute atomic E-state index is 12.5. The van der Waals surface area contributed by atoms with Gasteiger partial charge >= 0.3 is 5.97 Å². The van der Waals surface area contributed by atoms with E-state index >= 15 is 0 Å². The number of esters is 1. The number of hydrogen-bond acceptors (Lipinski definition) is 8. The number of ether oxygens (including phenoxy) is 1. The summed E-state index contributed by atoms with van der Waals surface area (Å²) in [5.74, 6) is 0.175. The van der Waals surface area contributed by atoms with Gasteiger partial charge in [0.25, 0.3) is 0 Å². The molecule has 0 atom stereocenters. The Bertz CT molecular complexity index is 1160. The number of thiazole rings is 2. The van der Waals surface area contributed by atoms with Gasteiger partial charge in [0, 0.05) is 32.2 Å². The minimum Gasteiger partial charge on any atom is -0.423 e. The molecule has 0 N–H and O–H groups in total. The molecule has 0 aliphatic carbocycles. The largest absolute Gasteiger partial charge is 0.423 e. The molecule has 1 aliphatic rings. The number of fused-ring (bicyclic) bond motifs is 2. The van der Waals surface area contributed by atoms with Crippen LogP contribution in [0.25, 0.3) is 20.4 Å². The van der Waals surface area contributed by atoms with E-state index in [4.69, 9.17) is 9.72 Å². The summed E-state index contributed by atoms with van der Waals surface area (Å²) in [5.41, 5.74) is 4.13. The minimum atomic E-state index is -0.363. The SMILES string of the molecule is CN1CCN(c2nc3ccc(OC(=O)c4ccc5ncsc5c4)cc3s2)CC1. The summed E-state index contributed by atoms with van der Waals surface area (Å²) in [4.78, 5) is 26.2. The zero-order chi connectivity index (χ0) is 19.1. The lowest BCUT2D eigenvalue weighted by Crippen LogP contribution is -2.44. The lowest BCUT2D eigenvalue weighted by molar-refractivity contribution is 0.0735. The molecule has 0 radical (unpaired) electrons. The zero-order valence-corrected chi connectivity index (χ0v) is 16.9. The lowest BCUT2D eigenvalue weighted by atomic mass is 10.2. The second kappa shape index (κ2) is 7.12. The predicted octanol–water partition coefficient (Wildman–Crippen LogP) is 3.88. The number of carbonyl (C=O) groups excluding carboxylic acids is 1. The van der Waals surface area contributed by atoms with Crippen LogP contribution >= 0.6 is 22.7 Å². The fraction of sp³-hybridized carbons (Fsp3) is 0.250. The molecule has 4 aromatic rings. The average Bonchev–Trinajstić information content (AvgIpc) is 3.34. The third-order valence-electron chi connectivity index (χ3n) is 4.90. The van der Waals surface area contributed by atoms with Gasteiger partial charge in [-0.15, -0.1) is 11.3 Å². The Morgan fingerprint density at radius 2 is 1.86 bits per heavy atom. The molecule has 1 aliphatic heterocycles. The highest BCUT2D eigenvalue weighted by molar-refractivity contribution is 7.22. The van der Waals surface area contributed by atoms with E-state index in [9.17, 15) is 4.79 Å². The molecule has 0 amide bonds. The van der Waals surface area contributed by atoms with Crippen molar-refractivity contribution < 1.29 is 9.53 Å². The van der Waals surface area contributed by atoms with Crippen LogP contribution in [0.15, 0.2) is 41.9 Å². The van der Waals surface area contributed by atoms with Gasteiger partial charge in [0.05, 0.1) is 31.5 Å². The van der Waals surface area contributed by atoms with Crippen LogP contribution in [0.2, 0.25) is 0 Å². The monoisotopic (exact) mass is 410 g/mol. The highest BCUT2D eigenvalue weighted by Gasteiger charge is 2.18. The van der Waals surface area contributed by atoms with Crippen molar-refractivity contribution in [2.24, 2.45) is 0 Å². The topological polar surface area (TPSA) is 58.6 Å². The maximum atomic E-state index is 12.5. The van der Waals surface area contributed by atoms with Crippen molar-refractivity contribution in [3.05, 3.63) is 47.5 Å². The van der Waals surface area contributed by atoms with Crippen LogP contribution in [0.5, 0.6) is 5.75 Å². The van der Waals surface area contributed by atoms with Crippen molar-refractivity contribution in [3.63, 3.8) is 0 Å². The first-order valence-electron chi connectivity index (χ1n) is 9.05. The zero-order valence-electron chi connectivity index (χ0n) is 15.3. The molecule has 1 saturated heterocycles. The van der Waals surface area contributed by atoms with Crippen molar-refractivity contribution in [2.75, 3.05) is 38.1 Å². The normalized spacial score (nSPS) is 15.4. The van der Waals surface area contributed by atoms with Crippen molar-refractivity contribution in [3.8, 4) is 5.75 Å². The molecule has 0 unspecified atom stereocenters. The molecule has 0 bridgehead atoms. The van der Waals surface area contributed by atoms with Crippen molar-refractivity contribution in [1.29, 1.82) is 0 Å². The van der Waals surface area contributed by atoms with E-state index in [1.54, 1.807) is 29.0 Å². The van der Waals surface area contributed by atoms with E-state index in [0.29, 0.717) is 11.3 Å².